The standard InChI is InChI=1S/C17H17ClN2O2/c1-12-3-4-13(2)16(9-12)22-11-17(21)20-19-10-14-5-7-15(18)8-6-14/h3-10H,11H2,1-2H3,(H,20,21)/b19-10-. The zero-order valence-electron chi connectivity index (χ0n) is 12.5. The summed E-state index contributed by atoms with van der Waals surface area (Å²) in [5, 5.41) is 4.53. The van der Waals surface area contributed by atoms with E-state index < -0.39 is 0 Å². The Morgan fingerprint density at radius 2 is 1.95 bits per heavy atom. The van der Waals surface area contributed by atoms with Crippen molar-refractivity contribution in [2.75, 3.05) is 6.61 Å². The van der Waals surface area contributed by atoms with Crippen LogP contribution in [0.15, 0.2) is 47.6 Å². The number of hydrogen-bond donors (Lipinski definition) is 1. The van der Waals surface area contributed by atoms with E-state index in [9.17, 15) is 4.79 Å². The molecule has 0 bridgehead atoms. The van der Waals surface area contributed by atoms with E-state index in [1.165, 1.54) is 0 Å². The maximum absolute atomic E-state index is 11.7. The number of nitrogens with one attached hydrogen (secondary N) is 1. The fraction of sp³-hybridized carbons (Fsp3) is 0.176. The summed E-state index contributed by atoms with van der Waals surface area (Å²) in [4.78, 5) is 11.7. The van der Waals surface area contributed by atoms with Crippen molar-refractivity contribution in [2.45, 2.75) is 13.8 Å². The summed E-state index contributed by atoms with van der Waals surface area (Å²) < 4.78 is 5.49. The van der Waals surface area contributed by atoms with E-state index in [4.69, 9.17) is 16.3 Å². The number of aryl methyl sites for hydroxylation is 2. The van der Waals surface area contributed by atoms with Gasteiger partial charge in [0.15, 0.2) is 6.61 Å². The highest BCUT2D eigenvalue weighted by atomic mass is 35.5. The molecule has 22 heavy (non-hydrogen) atoms. The van der Waals surface area contributed by atoms with Crippen molar-refractivity contribution in [3.05, 3.63) is 64.2 Å². The molecule has 5 heteroatoms. The number of halogens is 1. The third kappa shape index (κ3) is 4.90. The predicted octanol–water partition coefficient (Wildman–Crippen LogP) is 3.49. The van der Waals surface area contributed by atoms with Gasteiger partial charge in [-0.05, 0) is 48.7 Å². The molecule has 1 N–H and O–H groups in total. The Morgan fingerprint density at radius 3 is 2.68 bits per heavy atom. The average Bonchev–Trinajstić information content (AvgIpc) is 2.50. The summed E-state index contributed by atoms with van der Waals surface area (Å²) in [5.74, 6) is 0.392. The zero-order chi connectivity index (χ0) is 15.9. The Balaban J connectivity index is 1.83. The molecule has 0 unspecified atom stereocenters. The van der Waals surface area contributed by atoms with Crippen LogP contribution in [-0.2, 0) is 4.79 Å². The number of carbonyl (C=O) groups excluding carboxylic acids is 1. The van der Waals surface area contributed by atoms with Crippen molar-refractivity contribution in [1.82, 2.24) is 5.43 Å². The van der Waals surface area contributed by atoms with Crippen LogP contribution in [0.2, 0.25) is 5.02 Å². The minimum Gasteiger partial charge on any atom is -0.483 e. The maximum Gasteiger partial charge on any atom is 0.277 e. The van der Waals surface area contributed by atoms with Crippen LogP contribution in [0.5, 0.6) is 5.75 Å². The Labute approximate surface area is 134 Å². The minimum absolute atomic E-state index is 0.0811. The minimum atomic E-state index is -0.314. The lowest BCUT2D eigenvalue weighted by molar-refractivity contribution is -0.123. The number of ether oxygens (including phenoxy) is 1. The van der Waals surface area contributed by atoms with Gasteiger partial charge in [-0.25, -0.2) is 5.43 Å². The number of nitrogens with zero attached hydrogens (tertiary/aromatic N) is 1. The Bertz CT molecular complexity index is 682. The lowest BCUT2D eigenvalue weighted by Crippen LogP contribution is -2.24. The van der Waals surface area contributed by atoms with Gasteiger partial charge < -0.3 is 4.74 Å². The van der Waals surface area contributed by atoms with Crippen LogP contribution in [0, 0.1) is 13.8 Å². The topological polar surface area (TPSA) is 50.7 Å². The number of benzene rings is 2. The largest absolute Gasteiger partial charge is 0.483 e. The molecular weight excluding hydrogens is 300 g/mol. The molecule has 0 aliphatic carbocycles. The highest BCUT2D eigenvalue weighted by molar-refractivity contribution is 6.30. The Morgan fingerprint density at radius 1 is 1.23 bits per heavy atom. The van der Waals surface area contributed by atoms with E-state index in [1.807, 2.05) is 44.2 Å². The van der Waals surface area contributed by atoms with Crippen LogP contribution in [0.4, 0.5) is 0 Å². The highest BCUT2D eigenvalue weighted by Gasteiger charge is 2.04. The second-order valence-corrected chi connectivity index (χ2v) is 5.34. The van der Waals surface area contributed by atoms with Crippen LogP contribution in [-0.4, -0.2) is 18.7 Å². The zero-order valence-corrected chi connectivity index (χ0v) is 13.2. The van der Waals surface area contributed by atoms with Crippen LogP contribution >= 0.6 is 11.6 Å². The lowest BCUT2D eigenvalue weighted by Gasteiger charge is -2.08. The average molecular weight is 317 g/mol. The van der Waals surface area contributed by atoms with Crippen molar-refractivity contribution in [3.63, 3.8) is 0 Å². The number of rotatable bonds is 5. The van der Waals surface area contributed by atoms with E-state index in [0.717, 1.165) is 16.7 Å². The number of amides is 1. The number of hydrazone groups is 1. The van der Waals surface area contributed by atoms with Gasteiger partial charge in [-0.3, -0.25) is 4.79 Å². The fourth-order valence-electron chi connectivity index (χ4n) is 1.77. The predicted molar refractivity (Wildman–Crippen MR) is 88.6 cm³/mol. The third-order valence-corrected chi connectivity index (χ3v) is 3.23. The second kappa shape index (κ2) is 7.61. The van der Waals surface area contributed by atoms with Gasteiger partial charge in [0, 0.05) is 5.02 Å². The van der Waals surface area contributed by atoms with Crippen LogP contribution in [0.3, 0.4) is 0 Å². The second-order valence-electron chi connectivity index (χ2n) is 4.90. The van der Waals surface area contributed by atoms with E-state index in [2.05, 4.69) is 10.5 Å². The van der Waals surface area contributed by atoms with E-state index in [1.54, 1.807) is 18.3 Å². The molecular formula is C17H17ClN2O2. The van der Waals surface area contributed by atoms with E-state index in [0.29, 0.717) is 10.8 Å². The smallest absolute Gasteiger partial charge is 0.277 e. The highest BCUT2D eigenvalue weighted by Crippen LogP contribution is 2.18. The Kier molecular flexibility index (Phi) is 5.55. The quantitative estimate of drug-likeness (QED) is 0.678. The fourth-order valence-corrected chi connectivity index (χ4v) is 1.89. The van der Waals surface area contributed by atoms with Crippen LogP contribution in [0.25, 0.3) is 0 Å². The first-order valence-electron chi connectivity index (χ1n) is 6.82. The molecule has 0 fully saturated rings. The summed E-state index contributed by atoms with van der Waals surface area (Å²) in [5.41, 5.74) is 5.34. The Hall–Kier alpha value is -2.33. The van der Waals surface area contributed by atoms with Gasteiger partial charge in [0.25, 0.3) is 5.91 Å². The summed E-state index contributed by atoms with van der Waals surface area (Å²) in [6.45, 7) is 3.83. The maximum atomic E-state index is 11.7. The molecule has 0 aliphatic heterocycles. The number of hydrogen-bond acceptors (Lipinski definition) is 3. The molecule has 1 amide bonds. The number of carbonyl (C=O) groups is 1. The van der Waals surface area contributed by atoms with Crippen molar-refractivity contribution in [1.29, 1.82) is 0 Å². The normalized spacial score (nSPS) is 10.7. The van der Waals surface area contributed by atoms with Crippen molar-refractivity contribution < 1.29 is 9.53 Å². The van der Waals surface area contributed by atoms with E-state index in [-0.39, 0.29) is 12.5 Å². The van der Waals surface area contributed by atoms with Crippen molar-refractivity contribution in [2.24, 2.45) is 5.10 Å². The SMILES string of the molecule is Cc1ccc(C)c(OCC(=O)N/N=C\c2ccc(Cl)cc2)c1. The summed E-state index contributed by atoms with van der Waals surface area (Å²) >= 11 is 5.79. The molecule has 0 radical (unpaired) electrons. The first kappa shape index (κ1) is 16.0. The molecule has 0 heterocycles. The molecule has 0 saturated carbocycles. The van der Waals surface area contributed by atoms with Crippen LogP contribution in [0.1, 0.15) is 16.7 Å². The lowest BCUT2D eigenvalue weighted by atomic mass is 10.1. The van der Waals surface area contributed by atoms with Gasteiger partial charge in [-0.1, -0.05) is 35.9 Å². The molecule has 0 aliphatic rings. The van der Waals surface area contributed by atoms with Gasteiger partial charge in [0.2, 0.25) is 0 Å². The molecule has 2 aromatic rings. The van der Waals surface area contributed by atoms with Crippen molar-refractivity contribution >= 4 is 23.7 Å². The first-order chi connectivity index (χ1) is 10.5. The van der Waals surface area contributed by atoms with Crippen LogP contribution < -0.4 is 10.2 Å². The molecule has 4 nitrogen and oxygen atoms in total. The molecule has 114 valence electrons. The molecule has 2 aromatic carbocycles. The molecule has 0 saturated heterocycles. The summed E-state index contributed by atoms with van der Waals surface area (Å²) in [6.07, 6.45) is 1.55. The van der Waals surface area contributed by atoms with E-state index >= 15 is 0 Å². The first-order valence-corrected chi connectivity index (χ1v) is 7.20. The molecule has 2 rings (SSSR count). The third-order valence-electron chi connectivity index (χ3n) is 2.98. The molecule has 0 atom stereocenters. The van der Waals surface area contributed by atoms with Crippen molar-refractivity contribution in [3.8, 4) is 5.75 Å². The van der Waals surface area contributed by atoms with Gasteiger partial charge in [0.05, 0.1) is 6.21 Å². The van der Waals surface area contributed by atoms with Gasteiger partial charge in [-0.2, -0.15) is 5.10 Å². The van der Waals surface area contributed by atoms with Gasteiger partial charge >= 0.3 is 0 Å². The molecule has 0 spiro atoms. The summed E-state index contributed by atoms with van der Waals surface area (Å²) in [7, 11) is 0. The van der Waals surface area contributed by atoms with Gasteiger partial charge in [0.1, 0.15) is 5.75 Å². The monoisotopic (exact) mass is 316 g/mol. The summed E-state index contributed by atoms with van der Waals surface area (Å²) in [6, 6.07) is 13.0. The molecule has 0 aromatic heterocycles. The van der Waals surface area contributed by atoms with Gasteiger partial charge in [-0.15, -0.1) is 0 Å².